The van der Waals surface area contributed by atoms with E-state index in [2.05, 4.69) is 0 Å². The van der Waals surface area contributed by atoms with E-state index in [1.165, 1.54) is 19.2 Å². The van der Waals surface area contributed by atoms with Crippen LogP contribution in [-0.4, -0.2) is 68.3 Å². The van der Waals surface area contributed by atoms with Gasteiger partial charge >= 0.3 is 23.4 Å². The standard InChI is InChI=1S/C31H32N4O12/c1-17-11-18(2)13-20(12-17)27(37)33(31(4,5)6)32(28(38)22-9-8-10-25(45-7)19(22)3)30(40)47-16-46-29(39)21-14-23(34(41)42)26(36)24(15-21)35(43)44/h8-15,36H,16H2,1-7H3. The first-order chi connectivity index (χ1) is 21.9. The second-order valence-electron chi connectivity index (χ2n) is 11.3. The van der Waals surface area contributed by atoms with Gasteiger partial charge < -0.3 is 19.3 Å². The number of amides is 3. The van der Waals surface area contributed by atoms with Gasteiger partial charge in [0.1, 0.15) is 5.75 Å². The number of hydrazine groups is 1. The molecule has 0 saturated heterocycles. The molecule has 0 aromatic heterocycles. The van der Waals surface area contributed by atoms with E-state index < -0.39 is 68.7 Å². The smallest absolute Gasteiger partial charge is 0.439 e. The van der Waals surface area contributed by atoms with E-state index in [-0.39, 0.29) is 11.1 Å². The normalized spacial score (nSPS) is 10.9. The Labute approximate surface area is 268 Å². The summed E-state index contributed by atoms with van der Waals surface area (Å²) >= 11 is 0. The van der Waals surface area contributed by atoms with Gasteiger partial charge in [0, 0.05) is 28.8 Å². The number of phenolic OH excluding ortho intramolecular Hbond substituents is 1. The van der Waals surface area contributed by atoms with Crippen molar-refractivity contribution in [3.05, 3.63) is 102 Å². The highest BCUT2D eigenvalue weighted by Crippen LogP contribution is 2.37. The predicted molar refractivity (Wildman–Crippen MR) is 164 cm³/mol. The first-order valence-electron chi connectivity index (χ1n) is 13.8. The van der Waals surface area contributed by atoms with Crippen LogP contribution < -0.4 is 4.74 Å². The number of ether oxygens (including phenoxy) is 3. The van der Waals surface area contributed by atoms with Gasteiger partial charge in [0.15, 0.2) is 0 Å². The van der Waals surface area contributed by atoms with Crippen molar-refractivity contribution >= 4 is 35.3 Å². The summed E-state index contributed by atoms with van der Waals surface area (Å²) in [5.74, 6) is -4.09. The molecule has 1 N–H and O–H groups in total. The molecule has 0 atom stereocenters. The molecule has 16 nitrogen and oxygen atoms in total. The van der Waals surface area contributed by atoms with E-state index in [9.17, 15) is 44.5 Å². The van der Waals surface area contributed by atoms with Crippen molar-refractivity contribution in [3.63, 3.8) is 0 Å². The molecule has 3 aromatic rings. The van der Waals surface area contributed by atoms with Gasteiger partial charge in [0.25, 0.3) is 17.6 Å². The molecule has 0 aliphatic rings. The molecule has 0 bridgehead atoms. The Morgan fingerprint density at radius 1 is 0.830 bits per heavy atom. The minimum atomic E-state index is -1.44. The zero-order chi connectivity index (χ0) is 35.4. The van der Waals surface area contributed by atoms with Gasteiger partial charge in [-0.25, -0.2) is 14.6 Å². The molecular weight excluding hydrogens is 620 g/mol. The topological polar surface area (TPSA) is 209 Å². The number of carbonyl (C=O) groups is 4. The van der Waals surface area contributed by atoms with Crippen LogP contribution in [0.25, 0.3) is 0 Å². The maximum absolute atomic E-state index is 14.1. The summed E-state index contributed by atoms with van der Waals surface area (Å²) in [6, 6.07) is 10.6. The SMILES string of the molecule is COc1cccc(C(=O)N(C(=O)OCOC(=O)c2cc([N+](=O)[O-])c(O)c([N+](=O)[O-])c2)N(C(=O)c2cc(C)cc(C)c2)C(C)(C)C)c1C. The monoisotopic (exact) mass is 652 g/mol. The van der Waals surface area contributed by atoms with E-state index >= 15 is 0 Å². The van der Waals surface area contributed by atoms with E-state index in [1.807, 2.05) is 6.07 Å². The van der Waals surface area contributed by atoms with Crippen molar-refractivity contribution in [3.8, 4) is 11.5 Å². The van der Waals surface area contributed by atoms with Crippen LogP contribution in [-0.2, 0) is 9.47 Å². The summed E-state index contributed by atoms with van der Waals surface area (Å²) in [6.45, 7) is 8.65. The average Bonchev–Trinajstić information content (AvgIpc) is 2.97. The van der Waals surface area contributed by atoms with Crippen LogP contribution in [0.3, 0.4) is 0 Å². The summed E-state index contributed by atoms with van der Waals surface area (Å²) in [5, 5.41) is 33.7. The number of benzene rings is 3. The van der Waals surface area contributed by atoms with Crippen molar-refractivity contribution in [2.45, 2.75) is 47.1 Å². The number of aryl methyl sites for hydroxylation is 2. The van der Waals surface area contributed by atoms with Crippen molar-refractivity contribution in [2.75, 3.05) is 13.9 Å². The van der Waals surface area contributed by atoms with Gasteiger partial charge in [-0.2, -0.15) is 0 Å². The van der Waals surface area contributed by atoms with E-state index in [0.717, 1.165) is 16.1 Å². The Morgan fingerprint density at radius 2 is 1.38 bits per heavy atom. The number of imide groups is 1. The molecule has 0 spiro atoms. The fraction of sp³-hybridized carbons (Fsp3) is 0.290. The molecule has 0 unspecified atom stereocenters. The molecule has 3 aromatic carbocycles. The zero-order valence-electron chi connectivity index (χ0n) is 26.6. The highest BCUT2D eigenvalue weighted by atomic mass is 16.7. The quantitative estimate of drug-likeness (QED) is 0.140. The largest absolute Gasteiger partial charge is 0.497 e. The summed E-state index contributed by atoms with van der Waals surface area (Å²) in [7, 11) is 1.39. The Kier molecular flexibility index (Phi) is 10.5. The number of esters is 1. The number of nitro groups is 2. The minimum Gasteiger partial charge on any atom is -0.497 e. The summed E-state index contributed by atoms with van der Waals surface area (Å²) < 4.78 is 15.3. The van der Waals surface area contributed by atoms with Gasteiger partial charge in [-0.05, 0) is 65.8 Å². The van der Waals surface area contributed by atoms with Crippen molar-refractivity contribution in [2.24, 2.45) is 0 Å². The fourth-order valence-corrected chi connectivity index (χ4v) is 4.63. The molecule has 0 aliphatic carbocycles. The van der Waals surface area contributed by atoms with E-state index in [4.69, 9.17) is 14.2 Å². The first kappa shape index (κ1) is 35.4. The lowest BCUT2D eigenvalue weighted by Gasteiger charge is -2.41. The van der Waals surface area contributed by atoms with Gasteiger partial charge in [-0.15, -0.1) is 5.01 Å². The van der Waals surface area contributed by atoms with Crippen LogP contribution in [0.2, 0.25) is 0 Å². The van der Waals surface area contributed by atoms with Gasteiger partial charge in [-0.3, -0.25) is 29.8 Å². The maximum atomic E-state index is 14.1. The fourth-order valence-electron chi connectivity index (χ4n) is 4.63. The summed E-state index contributed by atoms with van der Waals surface area (Å²) in [4.78, 5) is 74.7. The molecule has 0 fully saturated rings. The number of hydrogen-bond donors (Lipinski definition) is 1. The summed E-state index contributed by atoms with van der Waals surface area (Å²) in [6.07, 6.45) is -1.44. The highest BCUT2D eigenvalue weighted by Gasteiger charge is 2.42. The predicted octanol–water partition coefficient (Wildman–Crippen LogP) is 5.39. The molecule has 16 heteroatoms. The number of phenols is 1. The molecular formula is C31H32N4O12. The third kappa shape index (κ3) is 7.78. The van der Waals surface area contributed by atoms with Crippen molar-refractivity contribution in [1.29, 1.82) is 0 Å². The number of hydrogen-bond acceptors (Lipinski definition) is 12. The molecule has 248 valence electrons. The third-order valence-electron chi connectivity index (χ3n) is 6.67. The number of aromatic hydroxyl groups is 1. The lowest BCUT2D eigenvalue weighted by atomic mass is 10.0. The van der Waals surface area contributed by atoms with Gasteiger partial charge in [0.05, 0.1) is 28.1 Å². The molecule has 0 aliphatic heterocycles. The van der Waals surface area contributed by atoms with Crippen molar-refractivity contribution in [1.82, 2.24) is 10.0 Å². The number of nitrogens with zero attached hydrogens (tertiary/aromatic N) is 4. The van der Waals surface area contributed by atoms with Crippen molar-refractivity contribution < 1.29 is 48.3 Å². The second kappa shape index (κ2) is 13.9. The molecule has 0 heterocycles. The zero-order valence-corrected chi connectivity index (χ0v) is 26.6. The Morgan fingerprint density at radius 3 is 1.87 bits per heavy atom. The average molecular weight is 653 g/mol. The number of methoxy groups -OCH3 is 1. The lowest BCUT2D eigenvalue weighted by Crippen LogP contribution is -2.60. The van der Waals surface area contributed by atoms with Crippen LogP contribution in [0, 0.1) is 41.0 Å². The molecule has 0 saturated carbocycles. The van der Waals surface area contributed by atoms with E-state index in [0.29, 0.717) is 28.5 Å². The van der Waals surface area contributed by atoms with Gasteiger partial charge in [0.2, 0.25) is 6.79 Å². The van der Waals surface area contributed by atoms with Crippen LogP contribution >= 0.6 is 0 Å². The molecule has 47 heavy (non-hydrogen) atoms. The van der Waals surface area contributed by atoms with Crippen LogP contribution in [0.5, 0.6) is 11.5 Å². The Bertz CT molecular complexity index is 1730. The Hall–Kier alpha value is -6.06. The third-order valence-corrected chi connectivity index (χ3v) is 6.67. The van der Waals surface area contributed by atoms with Crippen LogP contribution in [0.4, 0.5) is 16.2 Å². The molecule has 3 amide bonds. The lowest BCUT2D eigenvalue weighted by molar-refractivity contribution is -0.396. The number of nitro benzene ring substituents is 2. The molecule has 0 radical (unpaired) electrons. The minimum absolute atomic E-state index is 0.0236. The number of carbonyl (C=O) groups excluding carboxylic acids is 4. The Balaban J connectivity index is 2.03. The number of rotatable bonds is 8. The second-order valence-corrected chi connectivity index (χ2v) is 11.3. The highest BCUT2D eigenvalue weighted by molar-refractivity contribution is 6.07. The molecule has 3 rings (SSSR count). The van der Waals surface area contributed by atoms with E-state index in [1.54, 1.807) is 59.7 Å². The summed E-state index contributed by atoms with van der Waals surface area (Å²) in [5.41, 5.74) is -2.25. The van der Waals surface area contributed by atoms with Crippen LogP contribution in [0.1, 0.15) is 68.5 Å². The maximum Gasteiger partial charge on any atom is 0.439 e. The first-order valence-corrected chi connectivity index (χ1v) is 13.8. The van der Waals surface area contributed by atoms with Crippen LogP contribution in [0.15, 0.2) is 48.5 Å². The van der Waals surface area contributed by atoms with Gasteiger partial charge in [-0.1, -0.05) is 23.3 Å².